The molecule has 0 amide bonds. The second-order valence-electron chi connectivity index (χ2n) is 9.82. The molecule has 2 aliphatic rings. The minimum absolute atomic E-state index is 0.00149. The Morgan fingerprint density at radius 1 is 1.11 bits per heavy atom. The van der Waals surface area contributed by atoms with Gasteiger partial charge < -0.3 is 14.4 Å². The Bertz CT molecular complexity index is 1250. The summed E-state index contributed by atoms with van der Waals surface area (Å²) in [6.45, 7) is 2.90. The summed E-state index contributed by atoms with van der Waals surface area (Å²) >= 11 is 0. The molecule has 1 aliphatic heterocycles. The minimum atomic E-state index is -4.39. The topological polar surface area (TPSA) is 51.5 Å². The van der Waals surface area contributed by atoms with Crippen molar-refractivity contribution in [2.75, 3.05) is 0 Å². The lowest BCUT2D eigenvalue weighted by molar-refractivity contribution is -0.139. The van der Waals surface area contributed by atoms with Crippen LogP contribution < -0.4 is 4.74 Å². The predicted molar refractivity (Wildman–Crippen MR) is 128 cm³/mol. The first-order valence-electron chi connectivity index (χ1n) is 12.5. The number of carboxylic acids is 1. The van der Waals surface area contributed by atoms with E-state index >= 15 is 0 Å². The number of carboxylic acid groups (broad SMARTS) is 1. The van der Waals surface area contributed by atoms with E-state index in [-0.39, 0.29) is 24.9 Å². The van der Waals surface area contributed by atoms with Gasteiger partial charge in [-0.2, -0.15) is 13.2 Å². The summed E-state index contributed by atoms with van der Waals surface area (Å²) in [6.07, 6.45) is 0.914. The number of nitrogens with zero attached hydrogens (tertiary/aromatic N) is 1. The predicted octanol–water partition coefficient (Wildman–Crippen LogP) is 7.42. The molecule has 1 fully saturated rings. The SMILES string of the molecule is CCc1c2n(c3ccc(OCc4ccc(C5CCCC5)c(C(F)(F)F)c4)cc13)CC[C@@H]2CC(=O)O. The first-order chi connectivity index (χ1) is 16.8. The molecular formula is C28H30F3NO3. The third kappa shape index (κ3) is 4.53. The van der Waals surface area contributed by atoms with Gasteiger partial charge in [0.05, 0.1) is 12.0 Å². The maximum absolute atomic E-state index is 13.8. The number of hydrogen-bond acceptors (Lipinski definition) is 2. The largest absolute Gasteiger partial charge is 0.489 e. The maximum atomic E-state index is 13.8. The maximum Gasteiger partial charge on any atom is 0.416 e. The molecule has 35 heavy (non-hydrogen) atoms. The number of carbonyl (C=O) groups is 1. The van der Waals surface area contributed by atoms with Crippen molar-refractivity contribution >= 4 is 16.9 Å². The summed E-state index contributed by atoms with van der Waals surface area (Å²) in [5, 5.41) is 10.3. The fourth-order valence-electron chi connectivity index (χ4n) is 6.12. The quantitative estimate of drug-likeness (QED) is 0.379. The fourth-order valence-corrected chi connectivity index (χ4v) is 6.12. The average Bonchev–Trinajstić information content (AvgIpc) is 3.54. The van der Waals surface area contributed by atoms with Crippen LogP contribution >= 0.6 is 0 Å². The third-order valence-corrected chi connectivity index (χ3v) is 7.67. The highest BCUT2D eigenvalue weighted by Crippen LogP contribution is 2.43. The number of aromatic nitrogens is 1. The first-order valence-corrected chi connectivity index (χ1v) is 12.5. The minimum Gasteiger partial charge on any atom is -0.489 e. The Labute approximate surface area is 202 Å². The van der Waals surface area contributed by atoms with Crippen molar-refractivity contribution in [2.24, 2.45) is 0 Å². The fraction of sp³-hybridized carbons (Fsp3) is 0.464. The summed E-state index contributed by atoms with van der Waals surface area (Å²) in [6, 6.07) is 10.4. The van der Waals surface area contributed by atoms with Crippen molar-refractivity contribution in [1.29, 1.82) is 0 Å². The molecule has 2 heterocycles. The molecule has 1 aliphatic carbocycles. The third-order valence-electron chi connectivity index (χ3n) is 7.67. The number of alkyl halides is 3. The number of halogens is 3. The molecule has 1 saturated carbocycles. The molecule has 186 valence electrons. The van der Waals surface area contributed by atoms with Gasteiger partial charge in [-0.05, 0) is 72.6 Å². The number of ether oxygens (including phenoxy) is 1. The summed E-state index contributed by atoms with van der Waals surface area (Å²) in [5.41, 5.74) is 3.65. The van der Waals surface area contributed by atoms with Crippen molar-refractivity contribution in [2.45, 2.75) is 83.0 Å². The van der Waals surface area contributed by atoms with Crippen molar-refractivity contribution in [3.05, 3.63) is 64.3 Å². The molecular weight excluding hydrogens is 455 g/mol. The lowest BCUT2D eigenvalue weighted by Crippen LogP contribution is -2.12. The molecule has 0 saturated heterocycles. The van der Waals surface area contributed by atoms with E-state index in [1.54, 1.807) is 12.1 Å². The average molecular weight is 486 g/mol. The molecule has 1 aromatic heterocycles. The number of hydrogen-bond donors (Lipinski definition) is 1. The van der Waals surface area contributed by atoms with E-state index in [0.29, 0.717) is 16.9 Å². The van der Waals surface area contributed by atoms with E-state index in [2.05, 4.69) is 11.5 Å². The summed E-state index contributed by atoms with van der Waals surface area (Å²) in [5.74, 6) is -0.215. The van der Waals surface area contributed by atoms with Gasteiger partial charge in [0, 0.05) is 29.1 Å². The Morgan fingerprint density at radius 3 is 2.57 bits per heavy atom. The van der Waals surface area contributed by atoms with Crippen molar-refractivity contribution < 1.29 is 27.8 Å². The van der Waals surface area contributed by atoms with E-state index in [9.17, 15) is 23.1 Å². The van der Waals surface area contributed by atoms with Crippen molar-refractivity contribution in [3.8, 4) is 5.75 Å². The Kier molecular flexibility index (Phi) is 6.28. The zero-order chi connectivity index (χ0) is 24.7. The first kappa shape index (κ1) is 23.8. The number of aliphatic carboxylic acids is 1. The van der Waals surface area contributed by atoms with Crippen LogP contribution in [0.4, 0.5) is 13.2 Å². The zero-order valence-electron chi connectivity index (χ0n) is 19.8. The molecule has 5 rings (SSSR count). The van der Waals surface area contributed by atoms with Crippen LogP contribution in [0.25, 0.3) is 10.9 Å². The van der Waals surface area contributed by atoms with E-state index in [0.717, 1.165) is 67.2 Å². The normalized spacial score (nSPS) is 18.3. The van der Waals surface area contributed by atoms with Gasteiger partial charge in [0.25, 0.3) is 0 Å². The van der Waals surface area contributed by atoms with E-state index in [4.69, 9.17) is 4.74 Å². The molecule has 3 aromatic rings. The van der Waals surface area contributed by atoms with E-state index < -0.39 is 17.7 Å². The number of benzene rings is 2. The van der Waals surface area contributed by atoms with Crippen LogP contribution in [-0.4, -0.2) is 15.6 Å². The highest BCUT2D eigenvalue weighted by atomic mass is 19.4. The second kappa shape index (κ2) is 9.25. The van der Waals surface area contributed by atoms with Crippen molar-refractivity contribution in [3.63, 3.8) is 0 Å². The monoisotopic (exact) mass is 485 g/mol. The Balaban J connectivity index is 1.40. The van der Waals surface area contributed by atoms with Crippen LogP contribution in [-0.2, 0) is 30.5 Å². The highest BCUT2D eigenvalue weighted by molar-refractivity contribution is 5.88. The molecule has 0 unspecified atom stereocenters. The Morgan fingerprint density at radius 2 is 1.89 bits per heavy atom. The van der Waals surface area contributed by atoms with Gasteiger partial charge in [0.1, 0.15) is 12.4 Å². The van der Waals surface area contributed by atoms with E-state index in [1.165, 1.54) is 6.07 Å². The lowest BCUT2D eigenvalue weighted by atomic mass is 9.91. The summed E-state index contributed by atoms with van der Waals surface area (Å²) in [4.78, 5) is 11.3. The molecule has 0 bridgehead atoms. The number of rotatable bonds is 7. The standard InChI is InChI=1S/C28H30F3NO3/c1-2-21-23-15-20(8-10-25(23)32-12-11-19(27(21)32)14-26(33)34)35-16-17-7-9-22(18-5-3-4-6-18)24(13-17)28(29,30)31/h7-10,13,15,18-19H,2-6,11-12,14,16H2,1H3,(H,33,34)/t19-/m1/s1. The molecule has 2 aromatic carbocycles. The number of fused-ring (bicyclic) bond motifs is 3. The van der Waals surface area contributed by atoms with Gasteiger partial charge in [-0.1, -0.05) is 31.9 Å². The van der Waals surface area contributed by atoms with Gasteiger partial charge >= 0.3 is 12.1 Å². The van der Waals surface area contributed by atoms with Crippen LogP contribution in [0, 0.1) is 0 Å². The van der Waals surface area contributed by atoms with Gasteiger partial charge in [-0.15, -0.1) is 0 Å². The van der Waals surface area contributed by atoms with Crippen LogP contribution in [0.3, 0.4) is 0 Å². The smallest absolute Gasteiger partial charge is 0.416 e. The van der Waals surface area contributed by atoms with Crippen LogP contribution in [0.2, 0.25) is 0 Å². The molecule has 0 spiro atoms. The molecule has 0 radical (unpaired) electrons. The summed E-state index contributed by atoms with van der Waals surface area (Å²) < 4.78 is 49.6. The summed E-state index contributed by atoms with van der Waals surface area (Å²) in [7, 11) is 0. The molecule has 1 atom stereocenters. The van der Waals surface area contributed by atoms with Gasteiger partial charge in [0.15, 0.2) is 0 Å². The van der Waals surface area contributed by atoms with Crippen molar-refractivity contribution in [1.82, 2.24) is 4.57 Å². The van der Waals surface area contributed by atoms with Crippen LogP contribution in [0.15, 0.2) is 36.4 Å². The molecule has 4 nitrogen and oxygen atoms in total. The van der Waals surface area contributed by atoms with Crippen LogP contribution in [0.1, 0.15) is 85.2 Å². The lowest BCUT2D eigenvalue weighted by Gasteiger charge is -2.19. The van der Waals surface area contributed by atoms with Gasteiger partial charge in [0.2, 0.25) is 0 Å². The highest BCUT2D eigenvalue weighted by Gasteiger charge is 2.36. The van der Waals surface area contributed by atoms with E-state index in [1.807, 2.05) is 18.2 Å². The molecule has 1 N–H and O–H groups in total. The van der Waals surface area contributed by atoms with Gasteiger partial charge in [-0.25, -0.2) is 0 Å². The second-order valence-corrected chi connectivity index (χ2v) is 9.82. The number of aryl methyl sites for hydroxylation is 2. The van der Waals surface area contributed by atoms with Crippen LogP contribution in [0.5, 0.6) is 5.75 Å². The Hall–Kier alpha value is -2.96. The zero-order valence-corrected chi connectivity index (χ0v) is 19.8. The van der Waals surface area contributed by atoms with Gasteiger partial charge in [-0.3, -0.25) is 4.79 Å². The molecule has 7 heteroatoms.